The second kappa shape index (κ2) is 9.53. The van der Waals surface area contributed by atoms with Crippen molar-refractivity contribution in [2.24, 2.45) is 0 Å². The second-order valence-corrected chi connectivity index (χ2v) is 7.09. The first kappa shape index (κ1) is 19.4. The number of hydrogen-bond donors (Lipinski definition) is 1. The molecule has 2 aromatic carbocycles. The Morgan fingerprint density at radius 2 is 1.93 bits per heavy atom. The van der Waals surface area contributed by atoms with Gasteiger partial charge >= 0.3 is 0 Å². The zero-order chi connectivity index (χ0) is 19.1. The number of nitrogens with zero attached hydrogens (tertiary/aromatic N) is 1. The molecule has 1 aliphatic rings. The van der Waals surface area contributed by atoms with Crippen LogP contribution in [-0.2, 0) is 11.3 Å². The highest BCUT2D eigenvalue weighted by molar-refractivity contribution is 5.94. The van der Waals surface area contributed by atoms with Crippen molar-refractivity contribution in [2.45, 2.75) is 26.4 Å². The lowest BCUT2D eigenvalue weighted by Crippen LogP contribution is -2.37. The van der Waals surface area contributed by atoms with Gasteiger partial charge in [0.15, 0.2) is 0 Å². The van der Waals surface area contributed by atoms with E-state index in [4.69, 9.17) is 9.47 Å². The van der Waals surface area contributed by atoms with Crippen molar-refractivity contribution in [3.8, 4) is 5.75 Å². The molecule has 0 saturated carbocycles. The molecule has 1 heterocycles. The van der Waals surface area contributed by atoms with Gasteiger partial charge in [-0.3, -0.25) is 9.69 Å². The molecule has 0 bridgehead atoms. The fraction of sp³-hybridized carbons (Fsp3) is 0.409. The lowest BCUT2D eigenvalue weighted by atomic mass is 10.1. The first-order valence-electron chi connectivity index (χ1n) is 9.49. The number of benzene rings is 2. The van der Waals surface area contributed by atoms with E-state index in [0.29, 0.717) is 12.2 Å². The number of nitrogens with one attached hydrogen (secondary N) is 1. The van der Waals surface area contributed by atoms with Gasteiger partial charge in [-0.15, -0.1) is 0 Å². The smallest absolute Gasteiger partial charge is 0.251 e. The van der Waals surface area contributed by atoms with Gasteiger partial charge in [-0.05, 0) is 43.7 Å². The quantitative estimate of drug-likeness (QED) is 0.816. The summed E-state index contributed by atoms with van der Waals surface area (Å²) in [7, 11) is 0. The van der Waals surface area contributed by atoms with Gasteiger partial charge in [0, 0.05) is 25.2 Å². The summed E-state index contributed by atoms with van der Waals surface area (Å²) in [6, 6.07) is 15.7. The van der Waals surface area contributed by atoms with Gasteiger partial charge in [-0.25, -0.2) is 0 Å². The second-order valence-electron chi connectivity index (χ2n) is 7.09. The molecule has 2 aromatic rings. The van der Waals surface area contributed by atoms with Crippen molar-refractivity contribution in [3.05, 3.63) is 65.2 Å². The van der Waals surface area contributed by atoms with Crippen molar-refractivity contribution in [3.63, 3.8) is 0 Å². The highest BCUT2D eigenvalue weighted by atomic mass is 16.5. The van der Waals surface area contributed by atoms with Gasteiger partial charge < -0.3 is 14.8 Å². The summed E-state index contributed by atoms with van der Waals surface area (Å²) in [6.07, 6.45) is 0. The van der Waals surface area contributed by atoms with Crippen molar-refractivity contribution >= 4 is 5.91 Å². The topological polar surface area (TPSA) is 50.8 Å². The van der Waals surface area contributed by atoms with Crippen molar-refractivity contribution in [2.75, 3.05) is 32.9 Å². The van der Waals surface area contributed by atoms with E-state index < -0.39 is 0 Å². The normalized spacial score (nSPS) is 15.9. The van der Waals surface area contributed by atoms with Crippen LogP contribution in [-0.4, -0.2) is 49.8 Å². The summed E-state index contributed by atoms with van der Waals surface area (Å²) >= 11 is 0. The highest BCUT2D eigenvalue weighted by Crippen LogP contribution is 2.12. The predicted molar refractivity (Wildman–Crippen MR) is 106 cm³/mol. The molecule has 1 amide bonds. The van der Waals surface area contributed by atoms with Crippen molar-refractivity contribution in [1.29, 1.82) is 0 Å². The lowest BCUT2D eigenvalue weighted by Gasteiger charge is -2.26. The average Bonchev–Trinajstić information content (AvgIpc) is 2.68. The Kier molecular flexibility index (Phi) is 6.85. The maximum atomic E-state index is 12.6. The molecule has 1 saturated heterocycles. The van der Waals surface area contributed by atoms with E-state index in [2.05, 4.69) is 16.3 Å². The molecule has 1 N–H and O–H groups in total. The number of amides is 1. The van der Waals surface area contributed by atoms with Gasteiger partial charge in [-0.2, -0.15) is 0 Å². The molecule has 0 aliphatic carbocycles. The third-order valence-corrected chi connectivity index (χ3v) is 4.60. The fourth-order valence-corrected chi connectivity index (χ4v) is 3.03. The summed E-state index contributed by atoms with van der Waals surface area (Å²) in [5.74, 6) is 0.744. The summed E-state index contributed by atoms with van der Waals surface area (Å²) in [5, 5.41) is 3.01. The van der Waals surface area contributed by atoms with E-state index in [9.17, 15) is 4.79 Å². The van der Waals surface area contributed by atoms with Crippen LogP contribution in [0, 0.1) is 6.92 Å². The number of aryl methyl sites for hydroxylation is 1. The van der Waals surface area contributed by atoms with Crippen molar-refractivity contribution in [1.82, 2.24) is 10.2 Å². The Morgan fingerprint density at radius 3 is 2.67 bits per heavy atom. The molecular weight excluding hydrogens is 340 g/mol. The van der Waals surface area contributed by atoms with Gasteiger partial charge in [0.2, 0.25) is 0 Å². The van der Waals surface area contributed by atoms with Gasteiger partial charge in [0.05, 0.1) is 19.3 Å². The van der Waals surface area contributed by atoms with E-state index in [-0.39, 0.29) is 11.9 Å². The Labute approximate surface area is 161 Å². The van der Waals surface area contributed by atoms with E-state index >= 15 is 0 Å². The molecule has 5 nitrogen and oxygen atoms in total. The van der Waals surface area contributed by atoms with E-state index in [0.717, 1.165) is 44.2 Å². The van der Waals surface area contributed by atoms with Gasteiger partial charge in [-0.1, -0.05) is 29.8 Å². The molecule has 144 valence electrons. The maximum Gasteiger partial charge on any atom is 0.251 e. The molecule has 1 atom stereocenters. The maximum absolute atomic E-state index is 12.6. The largest absolute Gasteiger partial charge is 0.491 e. The van der Waals surface area contributed by atoms with Crippen LogP contribution in [0.2, 0.25) is 0 Å². The number of carbonyl (C=O) groups is 1. The lowest BCUT2D eigenvalue weighted by molar-refractivity contribution is 0.0342. The first-order valence-corrected chi connectivity index (χ1v) is 9.49. The standard InChI is InChI=1S/C22H28N2O3/c1-17-6-8-21(9-7-17)27-16-18(2)23-22(25)20-5-3-4-19(14-20)15-24-10-12-26-13-11-24/h3-9,14,18H,10-13,15-16H2,1-2H3,(H,23,25)/t18-/m1/s1. The molecule has 0 aromatic heterocycles. The SMILES string of the molecule is Cc1ccc(OC[C@@H](C)NC(=O)c2cccc(CN3CCOCC3)c2)cc1. The minimum Gasteiger partial charge on any atom is -0.491 e. The molecule has 1 fully saturated rings. The van der Waals surface area contributed by atoms with Crippen LogP contribution >= 0.6 is 0 Å². The van der Waals surface area contributed by atoms with E-state index in [1.807, 2.05) is 56.3 Å². The van der Waals surface area contributed by atoms with Crippen molar-refractivity contribution < 1.29 is 14.3 Å². The molecular formula is C22H28N2O3. The fourth-order valence-electron chi connectivity index (χ4n) is 3.03. The van der Waals surface area contributed by atoms with E-state index in [1.165, 1.54) is 5.56 Å². The molecule has 0 spiro atoms. The molecule has 3 rings (SSSR count). The molecule has 5 heteroatoms. The summed E-state index contributed by atoms with van der Waals surface area (Å²) < 4.78 is 11.1. The first-order chi connectivity index (χ1) is 13.1. The number of ether oxygens (including phenoxy) is 2. The van der Waals surface area contributed by atoms with Crippen LogP contribution < -0.4 is 10.1 Å². The Balaban J connectivity index is 1.50. The Hall–Kier alpha value is -2.37. The zero-order valence-electron chi connectivity index (χ0n) is 16.1. The molecule has 0 radical (unpaired) electrons. The van der Waals surface area contributed by atoms with Crippen LogP contribution in [0.1, 0.15) is 28.4 Å². The number of rotatable bonds is 7. The number of morpholine rings is 1. The average molecular weight is 368 g/mol. The molecule has 1 aliphatic heterocycles. The number of carbonyl (C=O) groups excluding carboxylic acids is 1. The molecule has 27 heavy (non-hydrogen) atoms. The third-order valence-electron chi connectivity index (χ3n) is 4.60. The summed E-state index contributed by atoms with van der Waals surface area (Å²) in [5.41, 5.74) is 3.02. The minimum absolute atomic E-state index is 0.0705. The molecule has 0 unspecified atom stereocenters. The monoisotopic (exact) mass is 368 g/mol. The summed E-state index contributed by atoms with van der Waals surface area (Å²) in [4.78, 5) is 14.9. The zero-order valence-corrected chi connectivity index (χ0v) is 16.1. The van der Waals surface area contributed by atoms with Gasteiger partial charge in [0.1, 0.15) is 12.4 Å². The predicted octanol–water partition coefficient (Wildman–Crippen LogP) is 3.02. The van der Waals surface area contributed by atoms with E-state index in [1.54, 1.807) is 0 Å². The minimum atomic E-state index is -0.0818. The summed E-state index contributed by atoms with van der Waals surface area (Å²) in [6.45, 7) is 8.69. The van der Waals surface area contributed by atoms with Crippen LogP contribution in [0.4, 0.5) is 0 Å². The van der Waals surface area contributed by atoms with Crippen LogP contribution in [0.15, 0.2) is 48.5 Å². The van der Waals surface area contributed by atoms with Crippen LogP contribution in [0.3, 0.4) is 0 Å². The van der Waals surface area contributed by atoms with Crippen LogP contribution in [0.5, 0.6) is 5.75 Å². The Morgan fingerprint density at radius 1 is 1.19 bits per heavy atom. The van der Waals surface area contributed by atoms with Gasteiger partial charge in [0.25, 0.3) is 5.91 Å². The number of hydrogen-bond acceptors (Lipinski definition) is 4. The van der Waals surface area contributed by atoms with Crippen LogP contribution in [0.25, 0.3) is 0 Å². The highest BCUT2D eigenvalue weighted by Gasteiger charge is 2.14. The third kappa shape index (κ3) is 6.08. The Bertz CT molecular complexity index is 739.